The second-order valence-electron chi connectivity index (χ2n) is 6.20. The third-order valence-corrected chi connectivity index (χ3v) is 4.29. The Morgan fingerprint density at radius 3 is 2.54 bits per heavy atom. The lowest BCUT2D eigenvalue weighted by atomic mass is 10.2. The number of para-hydroxylation sites is 2. The van der Waals surface area contributed by atoms with Gasteiger partial charge in [-0.15, -0.1) is 0 Å². The summed E-state index contributed by atoms with van der Waals surface area (Å²) >= 11 is 0. The second-order valence-corrected chi connectivity index (χ2v) is 6.20. The van der Waals surface area contributed by atoms with Crippen molar-refractivity contribution in [1.29, 1.82) is 0 Å². The van der Waals surface area contributed by atoms with E-state index in [4.69, 9.17) is 13.9 Å². The molecule has 1 aromatic heterocycles. The summed E-state index contributed by atoms with van der Waals surface area (Å²) < 4.78 is 17.0. The van der Waals surface area contributed by atoms with Crippen molar-refractivity contribution in [2.75, 3.05) is 11.5 Å². The molecule has 0 radical (unpaired) electrons. The van der Waals surface area contributed by atoms with Crippen LogP contribution in [0.15, 0.2) is 71.3 Å². The summed E-state index contributed by atoms with van der Waals surface area (Å²) in [6, 6.07) is 18.8. The zero-order valence-electron chi connectivity index (χ0n) is 14.4. The van der Waals surface area contributed by atoms with Gasteiger partial charge in [0.05, 0.1) is 12.8 Å². The van der Waals surface area contributed by atoms with E-state index in [1.807, 2.05) is 61.5 Å². The molecule has 5 heteroatoms. The van der Waals surface area contributed by atoms with Gasteiger partial charge in [0.15, 0.2) is 11.5 Å². The Kier molecular flexibility index (Phi) is 4.35. The molecule has 0 N–H and O–H groups in total. The van der Waals surface area contributed by atoms with Crippen LogP contribution < -0.4 is 14.4 Å². The number of amides is 1. The van der Waals surface area contributed by atoms with Crippen molar-refractivity contribution in [1.82, 2.24) is 0 Å². The van der Waals surface area contributed by atoms with E-state index < -0.39 is 6.10 Å². The number of hydrogen-bond donors (Lipinski definition) is 0. The van der Waals surface area contributed by atoms with Crippen LogP contribution in [0.25, 0.3) is 0 Å². The zero-order chi connectivity index (χ0) is 17.9. The zero-order valence-corrected chi connectivity index (χ0v) is 14.4. The fourth-order valence-electron chi connectivity index (χ4n) is 2.89. The van der Waals surface area contributed by atoms with Gasteiger partial charge >= 0.3 is 0 Å². The van der Waals surface area contributed by atoms with Crippen LogP contribution in [0.4, 0.5) is 5.69 Å². The summed E-state index contributed by atoms with van der Waals surface area (Å²) in [5.41, 5.74) is 1.92. The first-order valence-electron chi connectivity index (χ1n) is 8.49. The molecule has 1 aliphatic rings. The van der Waals surface area contributed by atoms with Crippen molar-refractivity contribution < 1.29 is 18.7 Å². The number of benzene rings is 2. The minimum absolute atomic E-state index is 0.167. The van der Waals surface area contributed by atoms with Crippen molar-refractivity contribution in [2.24, 2.45) is 0 Å². The molecule has 2 heterocycles. The normalized spacial score (nSPS) is 15.5. The topological polar surface area (TPSA) is 51.9 Å². The van der Waals surface area contributed by atoms with Crippen LogP contribution in [0, 0.1) is 6.92 Å². The van der Waals surface area contributed by atoms with Crippen molar-refractivity contribution in [2.45, 2.75) is 19.6 Å². The highest BCUT2D eigenvalue weighted by molar-refractivity contribution is 5.97. The number of fused-ring (bicyclic) bond motifs is 1. The van der Waals surface area contributed by atoms with Crippen LogP contribution in [0.2, 0.25) is 0 Å². The molecular weight excluding hydrogens is 330 g/mol. The number of aryl methyl sites for hydroxylation is 1. The highest BCUT2D eigenvalue weighted by Gasteiger charge is 2.32. The number of nitrogens with zero attached hydrogens (tertiary/aromatic N) is 1. The summed E-state index contributed by atoms with van der Waals surface area (Å²) in [5, 5.41) is 0. The van der Waals surface area contributed by atoms with Crippen molar-refractivity contribution in [3.8, 4) is 11.5 Å². The quantitative estimate of drug-likeness (QED) is 0.715. The monoisotopic (exact) mass is 349 g/mol. The second kappa shape index (κ2) is 6.96. The van der Waals surface area contributed by atoms with Crippen LogP contribution in [-0.4, -0.2) is 18.6 Å². The molecule has 3 aromatic rings. The van der Waals surface area contributed by atoms with E-state index in [-0.39, 0.29) is 12.5 Å². The fraction of sp³-hybridized carbons (Fsp3) is 0.190. The molecule has 0 saturated heterocycles. The maximum atomic E-state index is 13.2. The van der Waals surface area contributed by atoms with Gasteiger partial charge in [0.1, 0.15) is 12.4 Å². The van der Waals surface area contributed by atoms with E-state index in [1.54, 1.807) is 17.2 Å². The molecule has 0 saturated carbocycles. The molecule has 1 amide bonds. The third-order valence-electron chi connectivity index (χ3n) is 4.29. The van der Waals surface area contributed by atoms with E-state index in [2.05, 4.69) is 0 Å². The van der Waals surface area contributed by atoms with Gasteiger partial charge in [-0.2, -0.15) is 0 Å². The first-order valence-corrected chi connectivity index (χ1v) is 8.49. The van der Waals surface area contributed by atoms with Crippen LogP contribution in [0.5, 0.6) is 11.5 Å². The fourth-order valence-corrected chi connectivity index (χ4v) is 2.89. The summed E-state index contributed by atoms with van der Waals surface area (Å²) in [6.07, 6.45) is 0.894. The SMILES string of the molecule is Cc1ccc(N(Cc2ccco2)C(=O)[C@@H]2COc3ccccc3O2)cc1. The largest absolute Gasteiger partial charge is 0.485 e. The van der Waals surface area contributed by atoms with Gasteiger partial charge in [0, 0.05) is 5.69 Å². The molecule has 0 unspecified atom stereocenters. The third kappa shape index (κ3) is 3.28. The van der Waals surface area contributed by atoms with E-state index >= 15 is 0 Å². The van der Waals surface area contributed by atoms with E-state index in [9.17, 15) is 4.79 Å². The molecule has 0 bridgehead atoms. The van der Waals surface area contributed by atoms with Crippen molar-refractivity contribution >= 4 is 11.6 Å². The molecule has 1 atom stereocenters. The Hall–Kier alpha value is -3.21. The average molecular weight is 349 g/mol. The maximum Gasteiger partial charge on any atom is 0.272 e. The Bertz CT molecular complexity index is 887. The molecule has 0 aliphatic carbocycles. The van der Waals surface area contributed by atoms with Gasteiger partial charge in [0.2, 0.25) is 6.10 Å². The molecule has 132 valence electrons. The summed E-state index contributed by atoms with van der Waals surface area (Å²) in [5.74, 6) is 1.78. The van der Waals surface area contributed by atoms with Crippen molar-refractivity contribution in [3.63, 3.8) is 0 Å². The summed E-state index contributed by atoms with van der Waals surface area (Å²) in [4.78, 5) is 14.9. The Morgan fingerprint density at radius 1 is 1.04 bits per heavy atom. The smallest absolute Gasteiger partial charge is 0.272 e. The average Bonchev–Trinajstić information content (AvgIpc) is 3.19. The molecule has 26 heavy (non-hydrogen) atoms. The minimum Gasteiger partial charge on any atom is -0.485 e. The molecule has 5 nitrogen and oxygen atoms in total. The molecular formula is C21H19NO4. The molecule has 0 fully saturated rings. The number of furan rings is 1. The Morgan fingerprint density at radius 2 is 1.81 bits per heavy atom. The first-order chi connectivity index (χ1) is 12.7. The molecule has 2 aromatic carbocycles. The number of hydrogen-bond acceptors (Lipinski definition) is 4. The lowest BCUT2D eigenvalue weighted by molar-refractivity contribution is -0.127. The van der Waals surface area contributed by atoms with Crippen LogP contribution in [0.1, 0.15) is 11.3 Å². The van der Waals surface area contributed by atoms with Crippen molar-refractivity contribution in [3.05, 3.63) is 78.3 Å². The molecule has 0 spiro atoms. The number of ether oxygens (including phenoxy) is 2. The van der Waals surface area contributed by atoms with Crippen LogP contribution >= 0.6 is 0 Å². The number of anilines is 1. The van der Waals surface area contributed by atoms with E-state index in [0.717, 1.165) is 11.3 Å². The Labute approximate surface area is 151 Å². The molecule has 4 rings (SSSR count). The van der Waals surface area contributed by atoms with Gasteiger partial charge < -0.3 is 18.8 Å². The van der Waals surface area contributed by atoms with Gasteiger partial charge in [0.25, 0.3) is 5.91 Å². The Balaban J connectivity index is 1.61. The summed E-state index contributed by atoms with van der Waals surface area (Å²) in [6.45, 7) is 2.52. The minimum atomic E-state index is -0.707. The number of carbonyl (C=O) groups is 1. The van der Waals surface area contributed by atoms with Gasteiger partial charge in [-0.3, -0.25) is 4.79 Å². The van der Waals surface area contributed by atoms with E-state index in [0.29, 0.717) is 23.8 Å². The van der Waals surface area contributed by atoms with Gasteiger partial charge in [-0.25, -0.2) is 0 Å². The highest BCUT2D eigenvalue weighted by Crippen LogP contribution is 2.32. The standard InChI is InChI=1S/C21H19NO4/c1-15-8-10-16(11-9-15)22(13-17-5-4-12-24-17)21(23)20-14-25-18-6-2-3-7-19(18)26-20/h2-12,20H,13-14H2,1H3/t20-/m0/s1. The summed E-state index contributed by atoms with van der Waals surface area (Å²) in [7, 11) is 0. The highest BCUT2D eigenvalue weighted by atomic mass is 16.6. The molecule has 1 aliphatic heterocycles. The lowest BCUT2D eigenvalue weighted by Gasteiger charge is -2.30. The predicted molar refractivity (Wildman–Crippen MR) is 97.4 cm³/mol. The number of rotatable bonds is 4. The van der Waals surface area contributed by atoms with Crippen LogP contribution in [0.3, 0.4) is 0 Å². The lowest BCUT2D eigenvalue weighted by Crippen LogP contribution is -2.46. The maximum absolute atomic E-state index is 13.2. The van der Waals surface area contributed by atoms with Crippen LogP contribution in [-0.2, 0) is 11.3 Å². The number of carbonyl (C=O) groups excluding carboxylic acids is 1. The predicted octanol–water partition coefficient (Wildman–Crippen LogP) is 3.96. The first kappa shape index (κ1) is 16.3. The van der Waals surface area contributed by atoms with E-state index in [1.165, 1.54) is 0 Å². The van der Waals surface area contributed by atoms with Gasteiger partial charge in [-0.05, 0) is 43.3 Å². The van der Waals surface area contributed by atoms with Gasteiger partial charge in [-0.1, -0.05) is 29.8 Å².